The number of carbonyl (C=O) groups is 1. The van der Waals surface area contributed by atoms with Crippen LogP contribution in [0.4, 0.5) is 4.79 Å². The van der Waals surface area contributed by atoms with Gasteiger partial charge in [-0.3, -0.25) is 0 Å². The Balaban J connectivity index is 2.93. The fraction of sp³-hybridized carbons (Fsp3) is 0.733. The van der Waals surface area contributed by atoms with Crippen LogP contribution >= 0.6 is 0 Å². The number of amides is 1. The van der Waals surface area contributed by atoms with Crippen LogP contribution in [-0.2, 0) is 9.47 Å². The first kappa shape index (κ1) is 17.3. The van der Waals surface area contributed by atoms with Crippen molar-refractivity contribution < 1.29 is 23.4 Å². The van der Waals surface area contributed by atoms with Gasteiger partial charge in [0.05, 0.1) is 6.42 Å². The maximum Gasteiger partial charge on any atom is 0.614 e. The zero-order chi connectivity index (χ0) is 15.9. The topological polar surface area (TPSA) is 45.9 Å². The minimum atomic E-state index is -0.504. The molecule has 1 heterocycles. The van der Waals surface area contributed by atoms with Gasteiger partial charge in [-0.05, 0) is 25.6 Å². The number of ether oxygens (including phenoxy) is 2. The van der Waals surface area contributed by atoms with Crippen molar-refractivity contribution in [2.45, 2.75) is 39.2 Å². The lowest BCUT2D eigenvalue weighted by molar-refractivity contribution is -0.466. The van der Waals surface area contributed by atoms with Crippen LogP contribution in [0.1, 0.15) is 33.6 Å². The van der Waals surface area contributed by atoms with E-state index in [1.807, 2.05) is 31.6 Å². The molecule has 0 N–H and O–H groups in total. The molecule has 0 unspecified atom stereocenters. The Morgan fingerprint density at radius 3 is 2.71 bits per heavy atom. The van der Waals surface area contributed by atoms with Crippen molar-refractivity contribution in [2.75, 3.05) is 33.9 Å². The molecule has 1 rings (SSSR count). The minimum Gasteiger partial charge on any atom is -0.406 e. The van der Waals surface area contributed by atoms with Crippen LogP contribution in [0.5, 0.6) is 0 Å². The van der Waals surface area contributed by atoms with E-state index in [-0.39, 0.29) is 6.09 Å². The summed E-state index contributed by atoms with van der Waals surface area (Å²) in [6.07, 6.45) is 6.02. The Kier molecular flexibility index (Phi) is 6.50. The molecule has 6 heteroatoms. The molecule has 0 aromatic rings. The predicted molar refractivity (Wildman–Crippen MR) is 81.8 cm³/mol. The van der Waals surface area contributed by atoms with Crippen LogP contribution in [0.3, 0.4) is 0 Å². The molecule has 0 aromatic heterocycles. The van der Waals surface area contributed by atoms with Gasteiger partial charge in [-0.15, -0.1) is 4.58 Å². The van der Waals surface area contributed by atoms with Crippen LogP contribution in [0.25, 0.3) is 4.85 Å². The van der Waals surface area contributed by atoms with E-state index in [0.29, 0.717) is 19.6 Å². The number of hydrogen-bond donors (Lipinski definition) is 0. The fourth-order valence-corrected chi connectivity index (χ4v) is 2.00. The molecule has 0 saturated carbocycles. The SMILES string of the molecule is C[N+]#C[N+]1=CCC(=[N+](CCOC)C(=O)OC(C)(C)C)CC1. The first-order chi connectivity index (χ1) is 9.87. The first-order valence-electron chi connectivity index (χ1n) is 7.16. The van der Waals surface area contributed by atoms with Gasteiger partial charge < -0.3 is 9.47 Å². The van der Waals surface area contributed by atoms with Gasteiger partial charge in [0, 0.05) is 7.11 Å². The second-order valence-corrected chi connectivity index (χ2v) is 5.84. The lowest BCUT2D eigenvalue weighted by atomic mass is 10.1. The molecule has 0 aromatic carbocycles. The molecule has 0 aliphatic carbocycles. The highest BCUT2D eigenvalue weighted by Crippen LogP contribution is 2.10. The van der Waals surface area contributed by atoms with E-state index in [0.717, 1.165) is 18.7 Å². The van der Waals surface area contributed by atoms with Gasteiger partial charge in [-0.25, -0.2) is 0 Å². The Morgan fingerprint density at radius 2 is 2.24 bits per heavy atom. The number of methoxy groups -OCH3 is 1. The summed E-state index contributed by atoms with van der Waals surface area (Å²) in [4.78, 5) is 16.2. The van der Waals surface area contributed by atoms with Crippen LogP contribution in [0.2, 0.25) is 0 Å². The van der Waals surface area contributed by atoms with Crippen molar-refractivity contribution in [3.63, 3.8) is 0 Å². The first-order valence-corrected chi connectivity index (χ1v) is 7.16. The summed E-state index contributed by atoms with van der Waals surface area (Å²) in [6.45, 7) is 7.34. The molecule has 1 amide bonds. The zero-order valence-corrected chi connectivity index (χ0v) is 13.7. The molecule has 1 aliphatic heterocycles. The molecule has 6 nitrogen and oxygen atoms in total. The molecule has 116 valence electrons. The van der Waals surface area contributed by atoms with Gasteiger partial charge in [0.15, 0.2) is 25.0 Å². The van der Waals surface area contributed by atoms with E-state index < -0.39 is 5.60 Å². The fourth-order valence-electron chi connectivity index (χ4n) is 2.00. The third-order valence-corrected chi connectivity index (χ3v) is 2.93. The monoisotopic (exact) mass is 296 g/mol. The highest BCUT2D eigenvalue weighted by atomic mass is 16.6. The van der Waals surface area contributed by atoms with Gasteiger partial charge in [0.25, 0.3) is 7.05 Å². The molecule has 21 heavy (non-hydrogen) atoms. The van der Waals surface area contributed by atoms with Crippen molar-refractivity contribution >= 4 is 18.0 Å². The van der Waals surface area contributed by atoms with Gasteiger partial charge in [-0.2, -0.15) is 4.79 Å². The number of nitrogens with zero attached hydrogens (tertiary/aromatic N) is 3. The molecule has 1 aliphatic rings. The Labute approximate surface area is 126 Å². The van der Waals surface area contributed by atoms with Gasteiger partial charge in [-0.1, -0.05) is 4.58 Å². The molecule has 0 radical (unpaired) electrons. The predicted octanol–water partition coefficient (Wildman–Crippen LogP) is 1.82. The summed E-state index contributed by atoms with van der Waals surface area (Å²) in [5, 5.41) is 0. The maximum atomic E-state index is 12.3. The van der Waals surface area contributed by atoms with E-state index in [4.69, 9.17) is 9.47 Å². The van der Waals surface area contributed by atoms with Gasteiger partial charge in [0.1, 0.15) is 18.6 Å². The Hall–Kier alpha value is -1.74. The number of rotatable bonds is 3. The summed E-state index contributed by atoms with van der Waals surface area (Å²) in [7, 11) is 3.32. The second kappa shape index (κ2) is 7.89. The van der Waals surface area contributed by atoms with Gasteiger partial charge >= 0.3 is 12.3 Å². The molecular weight excluding hydrogens is 270 g/mol. The minimum absolute atomic E-state index is 0.315. The van der Waals surface area contributed by atoms with Crippen LogP contribution in [-0.4, -0.2) is 66.6 Å². The van der Waals surface area contributed by atoms with E-state index in [2.05, 4.69) is 11.0 Å². The van der Waals surface area contributed by atoms with Crippen LogP contribution in [0.15, 0.2) is 0 Å². The lowest BCUT2D eigenvalue weighted by Crippen LogP contribution is -2.38. The number of carbonyl (C=O) groups excluding carboxylic acids is 1. The maximum absolute atomic E-state index is 12.3. The largest absolute Gasteiger partial charge is 0.614 e. The molecule has 0 saturated heterocycles. The summed E-state index contributed by atoms with van der Waals surface area (Å²) < 4.78 is 14.2. The third kappa shape index (κ3) is 6.05. The van der Waals surface area contributed by atoms with Crippen molar-refractivity contribution in [3.8, 4) is 6.19 Å². The summed E-state index contributed by atoms with van der Waals surface area (Å²) in [6, 6.07) is 0. The van der Waals surface area contributed by atoms with Gasteiger partial charge in [0.2, 0.25) is 0 Å². The van der Waals surface area contributed by atoms with Crippen molar-refractivity contribution in [1.29, 1.82) is 0 Å². The van der Waals surface area contributed by atoms with E-state index in [1.165, 1.54) is 0 Å². The Bertz CT molecular complexity index is 504. The summed E-state index contributed by atoms with van der Waals surface area (Å²) in [5.41, 5.74) is 0.534. The lowest BCUT2D eigenvalue weighted by Gasteiger charge is -2.18. The number of hydrogen-bond acceptors (Lipinski definition) is 3. The van der Waals surface area contributed by atoms with Crippen molar-refractivity contribution in [3.05, 3.63) is 4.85 Å². The van der Waals surface area contributed by atoms with Crippen LogP contribution < -0.4 is 0 Å². The smallest absolute Gasteiger partial charge is 0.406 e. The molecule has 0 atom stereocenters. The third-order valence-electron chi connectivity index (χ3n) is 2.93. The van der Waals surface area contributed by atoms with E-state index >= 15 is 0 Å². The quantitative estimate of drug-likeness (QED) is 0.589. The normalized spacial score (nSPS) is 17.5. The van der Waals surface area contributed by atoms with Crippen molar-refractivity contribution in [2.24, 2.45) is 0 Å². The van der Waals surface area contributed by atoms with Crippen LogP contribution in [0, 0.1) is 6.19 Å². The van der Waals surface area contributed by atoms with E-state index in [9.17, 15) is 4.79 Å². The highest BCUT2D eigenvalue weighted by molar-refractivity contribution is 5.94. The Morgan fingerprint density at radius 1 is 1.52 bits per heavy atom. The molecule has 0 bridgehead atoms. The average Bonchev–Trinajstić information content (AvgIpc) is 2.39. The molecule has 0 spiro atoms. The van der Waals surface area contributed by atoms with Crippen molar-refractivity contribution in [1.82, 2.24) is 0 Å². The van der Waals surface area contributed by atoms with E-state index in [1.54, 1.807) is 18.7 Å². The standard InChI is InChI=1S/C15H26N3O3/c1-15(2,3)21-14(19)18(10-11-20-5)13-6-8-17(9-7-13)12-16-4/h8H,6-7,9-11H2,1-5H3/q+3. The highest BCUT2D eigenvalue weighted by Gasteiger charge is 2.32. The molecule has 0 fully saturated rings. The second-order valence-electron chi connectivity index (χ2n) is 5.84. The summed E-state index contributed by atoms with van der Waals surface area (Å²) in [5.74, 6) is 0. The summed E-state index contributed by atoms with van der Waals surface area (Å²) >= 11 is 0. The zero-order valence-electron chi connectivity index (χ0n) is 13.7. The molecular formula is C15H26N3O3+3. The average molecular weight is 296 g/mol.